The smallest absolute Gasteiger partial charge is 0.317 e. The quantitative estimate of drug-likeness (QED) is 0.819. The number of imidazole rings is 1. The lowest BCUT2D eigenvalue weighted by Gasteiger charge is -2.41. The molecule has 0 aliphatic carbocycles. The van der Waals surface area contributed by atoms with Gasteiger partial charge in [0.15, 0.2) is 0 Å². The molecular formula is C20H28N4O. The number of hydrogen-bond acceptors (Lipinski definition) is 2. The standard InChI is InChI=1S/C20H28N4O/c1-20(18-8-3-2-4-9-18)10-7-14-24(16-20)19(25)22-11-5-6-13-23-15-12-21-17-23/h2-4,8-9,12,15,17H,5-7,10-11,13-14,16H2,1H3,(H,22,25). The van der Waals surface area contributed by atoms with Crippen LogP contribution in [-0.2, 0) is 12.0 Å². The molecule has 1 aliphatic rings. The summed E-state index contributed by atoms with van der Waals surface area (Å²) in [6.45, 7) is 5.59. The number of rotatable bonds is 6. The molecule has 0 radical (unpaired) electrons. The lowest BCUT2D eigenvalue weighted by Crippen LogP contribution is -2.50. The summed E-state index contributed by atoms with van der Waals surface area (Å²) in [5, 5.41) is 3.08. The van der Waals surface area contributed by atoms with E-state index in [2.05, 4.69) is 46.1 Å². The van der Waals surface area contributed by atoms with Gasteiger partial charge in [0.2, 0.25) is 0 Å². The van der Waals surface area contributed by atoms with Crippen molar-refractivity contribution in [3.8, 4) is 0 Å². The third-order valence-corrected chi connectivity index (χ3v) is 5.13. The Balaban J connectivity index is 1.44. The van der Waals surface area contributed by atoms with Crippen LogP contribution in [-0.4, -0.2) is 40.1 Å². The summed E-state index contributed by atoms with van der Waals surface area (Å²) in [4.78, 5) is 18.5. The molecule has 1 atom stereocenters. The molecule has 2 amide bonds. The minimum Gasteiger partial charge on any atom is -0.338 e. The van der Waals surface area contributed by atoms with Crippen molar-refractivity contribution < 1.29 is 4.79 Å². The number of benzene rings is 1. The van der Waals surface area contributed by atoms with Crippen molar-refractivity contribution in [2.75, 3.05) is 19.6 Å². The largest absolute Gasteiger partial charge is 0.338 e. The van der Waals surface area contributed by atoms with Crippen molar-refractivity contribution in [3.05, 3.63) is 54.6 Å². The zero-order valence-electron chi connectivity index (χ0n) is 15.0. The number of carbonyl (C=O) groups is 1. The van der Waals surface area contributed by atoms with E-state index < -0.39 is 0 Å². The first-order valence-electron chi connectivity index (χ1n) is 9.21. The van der Waals surface area contributed by atoms with E-state index in [1.54, 1.807) is 6.20 Å². The van der Waals surface area contributed by atoms with Crippen LogP contribution >= 0.6 is 0 Å². The summed E-state index contributed by atoms with van der Waals surface area (Å²) >= 11 is 0. The number of nitrogens with one attached hydrogen (secondary N) is 1. The second-order valence-corrected chi connectivity index (χ2v) is 7.19. The molecule has 0 bridgehead atoms. The van der Waals surface area contributed by atoms with Crippen LogP contribution in [0.4, 0.5) is 4.79 Å². The first-order chi connectivity index (χ1) is 12.2. The van der Waals surface area contributed by atoms with Crippen LogP contribution in [0, 0.1) is 0 Å². The zero-order chi connectivity index (χ0) is 17.5. The molecule has 2 heterocycles. The van der Waals surface area contributed by atoms with Gasteiger partial charge in [-0.05, 0) is 31.2 Å². The zero-order valence-corrected chi connectivity index (χ0v) is 15.0. The number of aromatic nitrogens is 2. The topological polar surface area (TPSA) is 50.2 Å². The summed E-state index contributed by atoms with van der Waals surface area (Å²) < 4.78 is 2.07. The Morgan fingerprint density at radius 1 is 1.28 bits per heavy atom. The normalized spacial score (nSPS) is 20.4. The van der Waals surface area contributed by atoms with E-state index in [4.69, 9.17) is 0 Å². The van der Waals surface area contributed by atoms with Gasteiger partial charge in [0.25, 0.3) is 0 Å². The van der Waals surface area contributed by atoms with Crippen LogP contribution in [0.5, 0.6) is 0 Å². The number of carbonyl (C=O) groups excluding carboxylic acids is 1. The van der Waals surface area contributed by atoms with Gasteiger partial charge in [-0.3, -0.25) is 0 Å². The molecule has 3 rings (SSSR count). The summed E-state index contributed by atoms with van der Waals surface area (Å²) in [6, 6.07) is 10.6. The Hall–Kier alpha value is -2.30. The van der Waals surface area contributed by atoms with Crippen LogP contribution < -0.4 is 5.32 Å². The molecule has 1 N–H and O–H groups in total. The van der Waals surface area contributed by atoms with Crippen LogP contribution in [0.1, 0.15) is 38.2 Å². The van der Waals surface area contributed by atoms with Gasteiger partial charge in [0, 0.05) is 44.0 Å². The van der Waals surface area contributed by atoms with Gasteiger partial charge in [-0.15, -0.1) is 0 Å². The maximum absolute atomic E-state index is 12.5. The average molecular weight is 340 g/mol. The number of amides is 2. The lowest BCUT2D eigenvalue weighted by atomic mass is 9.76. The van der Waals surface area contributed by atoms with Gasteiger partial charge >= 0.3 is 6.03 Å². The lowest BCUT2D eigenvalue weighted by molar-refractivity contribution is 0.155. The Kier molecular flexibility index (Phi) is 5.74. The predicted octanol–water partition coefficient (Wildman–Crippen LogP) is 3.43. The van der Waals surface area contributed by atoms with Crippen molar-refractivity contribution >= 4 is 6.03 Å². The number of unbranched alkanes of at least 4 members (excludes halogenated alkanes) is 1. The summed E-state index contributed by atoms with van der Waals surface area (Å²) in [6.07, 6.45) is 9.80. The first-order valence-corrected chi connectivity index (χ1v) is 9.21. The summed E-state index contributed by atoms with van der Waals surface area (Å²) in [5.74, 6) is 0. The summed E-state index contributed by atoms with van der Waals surface area (Å²) in [7, 11) is 0. The minimum absolute atomic E-state index is 0.0538. The molecule has 5 nitrogen and oxygen atoms in total. The van der Waals surface area contributed by atoms with Crippen LogP contribution in [0.3, 0.4) is 0 Å². The van der Waals surface area contributed by atoms with Crippen LogP contribution in [0.25, 0.3) is 0 Å². The fourth-order valence-electron chi connectivity index (χ4n) is 3.63. The maximum Gasteiger partial charge on any atom is 0.317 e. The molecule has 0 saturated carbocycles. The number of likely N-dealkylation sites (tertiary alicyclic amines) is 1. The monoisotopic (exact) mass is 340 g/mol. The van der Waals surface area contributed by atoms with Gasteiger partial charge in [0.1, 0.15) is 0 Å². The van der Waals surface area contributed by atoms with E-state index in [1.165, 1.54) is 5.56 Å². The summed E-state index contributed by atoms with van der Waals surface area (Å²) in [5.41, 5.74) is 1.38. The highest BCUT2D eigenvalue weighted by Gasteiger charge is 2.34. The highest BCUT2D eigenvalue weighted by atomic mass is 16.2. The van der Waals surface area contributed by atoms with E-state index in [9.17, 15) is 4.79 Å². The molecule has 1 fully saturated rings. The Morgan fingerprint density at radius 2 is 2.12 bits per heavy atom. The molecule has 1 aliphatic heterocycles. The minimum atomic E-state index is 0.0538. The van der Waals surface area contributed by atoms with E-state index in [0.717, 1.165) is 51.9 Å². The number of hydrogen-bond donors (Lipinski definition) is 1. The second-order valence-electron chi connectivity index (χ2n) is 7.19. The third-order valence-electron chi connectivity index (χ3n) is 5.13. The van der Waals surface area contributed by atoms with Crippen molar-refractivity contribution in [2.45, 2.75) is 44.6 Å². The second kappa shape index (κ2) is 8.19. The fourth-order valence-corrected chi connectivity index (χ4v) is 3.63. The molecule has 1 aromatic carbocycles. The van der Waals surface area contributed by atoms with E-state index in [0.29, 0.717) is 0 Å². The van der Waals surface area contributed by atoms with Crippen molar-refractivity contribution in [3.63, 3.8) is 0 Å². The van der Waals surface area contributed by atoms with Gasteiger partial charge in [-0.1, -0.05) is 37.3 Å². The molecule has 0 spiro atoms. The van der Waals surface area contributed by atoms with Crippen molar-refractivity contribution in [1.29, 1.82) is 0 Å². The molecule has 134 valence electrons. The number of aryl methyl sites for hydroxylation is 1. The van der Waals surface area contributed by atoms with Gasteiger partial charge in [0.05, 0.1) is 6.33 Å². The average Bonchev–Trinajstić information content (AvgIpc) is 3.15. The third kappa shape index (κ3) is 4.62. The van der Waals surface area contributed by atoms with E-state index in [-0.39, 0.29) is 11.4 Å². The van der Waals surface area contributed by atoms with Crippen LogP contribution in [0.2, 0.25) is 0 Å². The fraction of sp³-hybridized carbons (Fsp3) is 0.500. The number of urea groups is 1. The van der Waals surface area contributed by atoms with Crippen molar-refractivity contribution in [2.24, 2.45) is 0 Å². The molecule has 1 aromatic heterocycles. The van der Waals surface area contributed by atoms with E-state index >= 15 is 0 Å². The maximum atomic E-state index is 12.5. The molecule has 1 unspecified atom stereocenters. The number of nitrogens with zero attached hydrogens (tertiary/aromatic N) is 3. The van der Waals surface area contributed by atoms with Gasteiger partial charge in [-0.2, -0.15) is 0 Å². The van der Waals surface area contributed by atoms with Crippen LogP contribution in [0.15, 0.2) is 49.1 Å². The molecular weight excluding hydrogens is 312 g/mol. The molecule has 2 aromatic rings. The highest BCUT2D eigenvalue weighted by Crippen LogP contribution is 2.33. The van der Waals surface area contributed by atoms with Gasteiger partial charge < -0.3 is 14.8 Å². The molecule has 25 heavy (non-hydrogen) atoms. The van der Waals surface area contributed by atoms with Crippen molar-refractivity contribution in [1.82, 2.24) is 19.8 Å². The SMILES string of the molecule is CC1(c2ccccc2)CCCN(C(=O)NCCCCn2ccnc2)C1. The Bertz CT molecular complexity index is 656. The Labute approximate surface area is 150 Å². The molecule has 5 heteroatoms. The highest BCUT2D eigenvalue weighted by molar-refractivity contribution is 5.74. The van der Waals surface area contributed by atoms with Gasteiger partial charge in [-0.25, -0.2) is 9.78 Å². The Morgan fingerprint density at radius 3 is 2.88 bits per heavy atom. The first kappa shape index (κ1) is 17.5. The predicted molar refractivity (Wildman–Crippen MR) is 99.5 cm³/mol. The number of piperidine rings is 1. The molecule has 1 saturated heterocycles. The van der Waals surface area contributed by atoms with E-state index in [1.807, 2.05) is 23.5 Å².